The van der Waals surface area contributed by atoms with Crippen LogP contribution in [0.2, 0.25) is 0 Å². The fourth-order valence-electron chi connectivity index (χ4n) is 2.18. The summed E-state index contributed by atoms with van der Waals surface area (Å²) in [5, 5.41) is 11.5. The molecule has 0 aromatic carbocycles. The Labute approximate surface area is 128 Å². The number of methoxy groups -OCH3 is 1. The first-order valence-corrected chi connectivity index (χ1v) is 8.13. The van der Waals surface area contributed by atoms with Gasteiger partial charge in [0, 0.05) is 6.42 Å². The summed E-state index contributed by atoms with van der Waals surface area (Å²) in [6, 6.07) is -0.943. The van der Waals surface area contributed by atoms with E-state index in [4.69, 9.17) is 5.11 Å². The number of hydrogen-bond donors (Lipinski definition) is 2. The third-order valence-electron chi connectivity index (χ3n) is 3.51. The van der Waals surface area contributed by atoms with Gasteiger partial charge in [0.25, 0.3) is 0 Å². The molecular formula is C16H31NO4. The lowest BCUT2D eigenvalue weighted by Crippen LogP contribution is -2.43. The number of rotatable bonds is 13. The minimum Gasteiger partial charge on any atom is -0.467 e. The fourth-order valence-corrected chi connectivity index (χ4v) is 2.18. The molecule has 5 nitrogen and oxygen atoms in total. The molecule has 0 saturated carbocycles. The van der Waals surface area contributed by atoms with Crippen LogP contribution in [0.3, 0.4) is 0 Å². The standard InChI is InChI=1S/C16H31NO4/c1-3-4-5-6-7-8-9-10-11-12-15(19)17-14(13-18)16(20)21-2/h14,18H,3-13H2,1-2H3,(H,17,19). The molecule has 0 aliphatic rings. The Bertz CT molecular complexity index is 281. The summed E-state index contributed by atoms with van der Waals surface area (Å²) < 4.78 is 4.49. The summed E-state index contributed by atoms with van der Waals surface area (Å²) >= 11 is 0. The van der Waals surface area contributed by atoms with Crippen molar-refractivity contribution >= 4 is 11.9 Å². The van der Waals surface area contributed by atoms with Crippen LogP contribution in [0.4, 0.5) is 0 Å². The van der Waals surface area contributed by atoms with Crippen LogP contribution >= 0.6 is 0 Å². The molecule has 1 unspecified atom stereocenters. The van der Waals surface area contributed by atoms with Crippen molar-refractivity contribution in [3.63, 3.8) is 0 Å². The average Bonchev–Trinajstić information content (AvgIpc) is 2.50. The highest BCUT2D eigenvalue weighted by Gasteiger charge is 2.19. The van der Waals surface area contributed by atoms with Crippen molar-refractivity contribution in [2.24, 2.45) is 0 Å². The number of unbranched alkanes of at least 4 members (excludes halogenated alkanes) is 8. The average molecular weight is 301 g/mol. The molecule has 0 bridgehead atoms. The lowest BCUT2D eigenvalue weighted by Gasteiger charge is -2.13. The van der Waals surface area contributed by atoms with E-state index in [2.05, 4.69) is 17.0 Å². The van der Waals surface area contributed by atoms with Gasteiger partial charge in [0.05, 0.1) is 13.7 Å². The van der Waals surface area contributed by atoms with Gasteiger partial charge >= 0.3 is 5.97 Å². The SMILES string of the molecule is CCCCCCCCCCCC(=O)NC(CO)C(=O)OC. The van der Waals surface area contributed by atoms with E-state index in [0.29, 0.717) is 6.42 Å². The van der Waals surface area contributed by atoms with Crippen LogP contribution in [-0.2, 0) is 14.3 Å². The molecule has 0 fully saturated rings. The van der Waals surface area contributed by atoms with E-state index in [1.54, 1.807) is 0 Å². The molecule has 1 amide bonds. The lowest BCUT2D eigenvalue weighted by molar-refractivity contribution is -0.146. The van der Waals surface area contributed by atoms with Crippen molar-refractivity contribution < 1.29 is 19.4 Å². The number of nitrogens with one attached hydrogen (secondary N) is 1. The second-order valence-corrected chi connectivity index (χ2v) is 5.40. The van der Waals surface area contributed by atoms with Crippen molar-refractivity contribution in [1.82, 2.24) is 5.32 Å². The molecule has 0 saturated heterocycles. The first-order valence-electron chi connectivity index (χ1n) is 8.13. The minimum absolute atomic E-state index is 0.206. The van der Waals surface area contributed by atoms with Crippen molar-refractivity contribution in [3.8, 4) is 0 Å². The van der Waals surface area contributed by atoms with Crippen LogP contribution in [0.25, 0.3) is 0 Å². The second-order valence-electron chi connectivity index (χ2n) is 5.40. The monoisotopic (exact) mass is 301 g/mol. The first kappa shape index (κ1) is 19.9. The molecule has 0 aromatic rings. The first-order chi connectivity index (χ1) is 10.2. The lowest BCUT2D eigenvalue weighted by atomic mass is 10.1. The van der Waals surface area contributed by atoms with Crippen molar-refractivity contribution in [1.29, 1.82) is 0 Å². The van der Waals surface area contributed by atoms with Crippen LogP contribution in [0, 0.1) is 0 Å². The van der Waals surface area contributed by atoms with Gasteiger partial charge in [0.1, 0.15) is 0 Å². The number of aliphatic hydroxyl groups excluding tert-OH is 1. The molecule has 0 aromatic heterocycles. The number of amides is 1. The van der Waals surface area contributed by atoms with Gasteiger partial charge in [0.2, 0.25) is 5.91 Å². The highest BCUT2D eigenvalue weighted by atomic mass is 16.5. The summed E-state index contributed by atoms with van der Waals surface area (Å²) in [6.45, 7) is 1.78. The molecule has 124 valence electrons. The molecule has 0 radical (unpaired) electrons. The normalized spacial score (nSPS) is 12.0. The third-order valence-corrected chi connectivity index (χ3v) is 3.51. The maximum absolute atomic E-state index is 11.6. The van der Waals surface area contributed by atoms with Crippen molar-refractivity contribution in [3.05, 3.63) is 0 Å². The molecule has 0 heterocycles. The van der Waals surface area contributed by atoms with Crippen molar-refractivity contribution in [2.45, 2.75) is 77.2 Å². The molecule has 0 rings (SSSR count). The Kier molecular flexibility index (Phi) is 13.1. The van der Waals surface area contributed by atoms with E-state index < -0.39 is 18.6 Å². The quantitative estimate of drug-likeness (QED) is 0.405. The smallest absolute Gasteiger partial charge is 0.330 e. The van der Waals surface area contributed by atoms with Crippen LogP contribution in [-0.4, -0.2) is 36.7 Å². The topological polar surface area (TPSA) is 75.6 Å². The number of carbonyl (C=O) groups is 2. The predicted octanol–water partition coefficient (Wildman–Crippen LogP) is 2.56. The van der Waals surface area contributed by atoms with Crippen LogP contribution in [0.15, 0.2) is 0 Å². The zero-order valence-electron chi connectivity index (χ0n) is 13.5. The van der Waals surface area contributed by atoms with Gasteiger partial charge in [-0.25, -0.2) is 4.79 Å². The van der Waals surface area contributed by atoms with Gasteiger partial charge in [-0.1, -0.05) is 58.3 Å². The number of ether oxygens (including phenoxy) is 1. The molecule has 21 heavy (non-hydrogen) atoms. The van der Waals surface area contributed by atoms with Crippen LogP contribution in [0.1, 0.15) is 71.1 Å². The Morgan fingerprint density at radius 2 is 1.52 bits per heavy atom. The molecule has 2 N–H and O–H groups in total. The predicted molar refractivity (Wildman–Crippen MR) is 82.9 cm³/mol. The minimum atomic E-state index is -0.943. The van der Waals surface area contributed by atoms with Gasteiger partial charge in [-0.05, 0) is 6.42 Å². The molecule has 0 aliphatic carbocycles. The molecular weight excluding hydrogens is 270 g/mol. The van der Waals surface area contributed by atoms with Crippen molar-refractivity contribution in [2.75, 3.05) is 13.7 Å². The van der Waals surface area contributed by atoms with E-state index in [1.807, 2.05) is 0 Å². The summed E-state index contributed by atoms with van der Waals surface area (Å²) in [5.74, 6) is -0.819. The van der Waals surface area contributed by atoms with Gasteiger partial charge in [-0.3, -0.25) is 4.79 Å². The number of carbonyl (C=O) groups excluding carboxylic acids is 2. The van der Waals surface area contributed by atoms with Crippen LogP contribution < -0.4 is 5.32 Å². The fraction of sp³-hybridized carbons (Fsp3) is 0.875. The number of esters is 1. The van der Waals surface area contributed by atoms with E-state index in [9.17, 15) is 9.59 Å². The Morgan fingerprint density at radius 1 is 1.00 bits per heavy atom. The Hall–Kier alpha value is -1.10. The van der Waals surface area contributed by atoms with Crippen LogP contribution in [0.5, 0.6) is 0 Å². The largest absolute Gasteiger partial charge is 0.467 e. The molecule has 5 heteroatoms. The van der Waals surface area contributed by atoms with E-state index >= 15 is 0 Å². The van der Waals surface area contributed by atoms with E-state index in [-0.39, 0.29) is 5.91 Å². The molecule has 1 atom stereocenters. The highest BCUT2D eigenvalue weighted by molar-refractivity contribution is 5.84. The summed E-state index contributed by atoms with van der Waals surface area (Å²) in [5.41, 5.74) is 0. The second kappa shape index (κ2) is 13.9. The zero-order valence-corrected chi connectivity index (χ0v) is 13.5. The summed E-state index contributed by atoms with van der Waals surface area (Å²) in [7, 11) is 1.23. The van der Waals surface area contributed by atoms with Gasteiger partial charge in [-0.15, -0.1) is 0 Å². The molecule has 0 aliphatic heterocycles. The Morgan fingerprint density at radius 3 is 2.00 bits per heavy atom. The third kappa shape index (κ3) is 11.3. The zero-order chi connectivity index (χ0) is 15.9. The van der Waals surface area contributed by atoms with Gasteiger partial charge in [-0.2, -0.15) is 0 Å². The number of hydrogen-bond acceptors (Lipinski definition) is 4. The number of aliphatic hydroxyl groups is 1. The highest BCUT2D eigenvalue weighted by Crippen LogP contribution is 2.10. The van der Waals surface area contributed by atoms with Gasteiger partial charge in [0.15, 0.2) is 6.04 Å². The maximum atomic E-state index is 11.6. The Balaban J connectivity index is 3.51. The molecule has 0 spiro atoms. The summed E-state index contributed by atoms with van der Waals surface area (Å²) in [4.78, 5) is 22.8. The van der Waals surface area contributed by atoms with Gasteiger partial charge < -0.3 is 15.2 Å². The summed E-state index contributed by atoms with van der Waals surface area (Å²) in [6.07, 6.45) is 11.1. The van der Waals surface area contributed by atoms with E-state index in [0.717, 1.165) is 19.3 Å². The maximum Gasteiger partial charge on any atom is 0.330 e. The van der Waals surface area contributed by atoms with E-state index in [1.165, 1.54) is 45.6 Å².